The first kappa shape index (κ1) is 23.8. The second-order valence-corrected chi connectivity index (χ2v) is 9.82. The summed E-state index contributed by atoms with van der Waals surface area (Å²) < 4.78 is 11.1. The Bertz CT molecular complexity index is 1260. The third-order valence-electron chi connectivity index (χ3n) is 7.64. The van der Waals surface area contributed by atoms with Gasteiger partial charge >= 0.3 is 5.63 Å². The zero-order valence-corrected chi connectivity index (χ0v) is 20.7. The molecular weight excluding hydrogens is 440 g/mol. The monoisotopic (exact) mass is 474 g/mol. The number of benzene rings is 2. The number of carbonyl (C=O) groups excluding carboxylic acids is 1. The minimum atomic E-state index is -0.233. The normalized spacial score (nSPS) is 19.3. The Hall–Kier alpha value is -2.96. The quantitative estimate of drug-likeness (QED) is 0.504. The molecule has 2 aliphatic rings. The van der Waals surface area contributed by atoms with Gasteiger partial charge in [0.1, 0.15) is 5.58 Å². The SMILES string of the molecule is Cc1c(CCN2CCCCC2C)c(=O)oc2cc(-c3ccc(C(=O)N4CCOCC4)cc3)ccc12. The predicted molar refractivity (Wildman–Crippen MR) is 138 cm³/mol. The largest absolute Gasteiger partial charge is 0.422 e. The lowest BCUT2D eigenvalue weighted by Crippen LogP contribution is -2.40. The molecule has 0 radical (unpaired) electrons. The number of morpholine rings is 1. The van der Waals surface area contributed by atoms with Crippen molar-refractivity contribution < 1.29 is 13.9 Å². The summed E-state index contributed by atoms with van der Waals surface area (Å²) in [4.78, 5) is 29.9. The van der Waals surface area contributed by atoms with Crippen LogP contribution in [-0.2, 0) is 11.2 Å². The van der Waals surface area contributed by atoms with Crippen LogP contribution < -0.4 is 5.63 Å². The van der Waals surface area contributed by atoms with E-state index in [1.165, 1.54) is 19.3 Å². The van der Waals surface area contributed by atoms with E-state index in [-0.39, 0.29) is 11.5 Å². The van der Waals surface area contributed by atoms with E-state index in [1.807, 2.05) is 48.2 Å². The first-order valence-corrected chi connectivity index (χ1v) is 12.8. The van der Waals surface area contributed by atoms with Crippen molar-refractivity contribution in [3.8, 4) is 11.1 Å². The molecule has 0 saturated carbocycles. The lowest BCUT2D eigenvalue weighted by molar-refractivity contribution is 0.0303. The molecule has 5 rings (SSSR count). The maximum atomic E-state index is 12.9. The van der Waals surface area contributed by atoms with Crippen molar-refractivity contribution >= 4 is 16.9 Å². The van der Waals surface area contributed by atoms with Crippen LogP contribution in [0.3, 0.4) is 0 Å². The number of hydrogen-bond acceptors (Lipinski definition) is 5. The molecule has 6 heteroatoms. The van der Waals surface area contributed by atoms with Crippen molar-refractivity contribution in [1.29, 1.82) is 0 Å². The van der Waals surface area contributed by atoms with Crippen molar-refractivity contribution in [3.63, 3.8) is 0 Å². The Balaban J connectivity index is 1.35. The second kappa shape index (κ2) is 10.3. The zero-order valence-electron chi connectivity index (χ0n) is 20.7. The number of nitrogens with zero attached hydrogens (tertiary/aromatic N) is 2. The molecule has 2 saturated heterocycles. The molecule has 0 bridgehead atoms. The van der Waals surface area contributed by atoms with Gasteiger partial charge in [-0.05, 0) is 74.5 Å². The van der Waals surface area contributed by atoms with E-state index in [9.17, 15) is 9.59 Å². The van der Waals surface area contributed by atoms with E-state index in [0.717, 1.165) is 47.2 Å². The van der Waals surface area contributed by atoms with Crippen LogP contribution in [0, 0.1) is 6.92 Å². The first-order chi connectivity index (χ1) is 17.0. The summed E-state index contributed by atoms with van der Waals surface area (Å²) in [5, 5.41) is 0.981. The van der Waals surface area contributed by atoms with Gasteiger partial charge in [0, 0.05) is 42.2 Å². The average molecular weight is 475 g/mol. The van der Waals surface area contributed by atoms with E-state index in [0.29, 0.717) is 43.5 Å². The van der Waals surface area contributed by atoms with E-state index in [1.54, 1.807) is 0 Å². The number of fused-ring (bicyclic) bond motifs is 1. The van der Waals surface area contributed by atoms with Gasteiger partial charge in [0.2, 0.25) is 0 Å². The summed E-state index contributed by atoms with van der Waals surface area (Å²) in [6, 6.07) is 14.2. The summed E-state index contributed by atoms with van der Waals surface area (Å²) in [5.41, 5.74) is 4.78. The number of aryl methyl sites for hydroxylation is 1. The molecule has 0 N–H and O–H groups in total. The highest BCUT2D eigenvalue weighted by Crippen LogP contribution is 2.27. The van der Waals surface area contributed by atoms with Crippen molar-refractivity contribution in [2.75, 3.05) is 39.4 Å². The van der Waals surface area contributed by atoms with Crippen LogP contribution in [0.5, 0.6) is 0 Å². The van der Waals surface area contributed by atoms with Gasteiger partial charge in [0.25, 0.3) is 5.91 Å². The highest BCUT2D eigenvalue weighted by Gasteiger charge is 2.20. The maximum Gasteiger partial charge on any atom is 0.339 e. The maximum absolute atomic E-state index is 12.9. The van der Waals surface area contributed by atoms with Gasteiger partial charge < -0.3 is 19.0 Å². The standard InChI is InChI=1S/C29H34N2O4/c1-20-5-3-4-13-30(20)14-12-26-21(2)25-11-10-24(19-27(25)35-29(26)33)22-6-8-23(9-7-22)28(32)31-15-17-34-18-16-31/h6-11,19-20H,3-5,12-18H2,1-2H3. The molecule has 0 spiro atoms. The number of carbonyl (C=O) groups is 1. The minimum Gasteiger partial charge on any atom is -0.422 e. The third-order valence-corrected chi connectivity index (χ3v) is 7.64. The topological polar surface area (TPSA) is 63.0 Å². The molecule has 2 aliphatic heterocycles. The highest BCUT2D eigenvalue weighted by molar-refractivity contribution is 5.95. The number of piperidine rings is 1. The van der Waals surface area contributed by atoms with Crippen LogP contribution in [0.1, 0.15) is 47.7 Å². The van der Waals surface area contributed by atoms with Gasteiger partial charge in [-0.1, -0.05) is 30.7 Å². The molecule has 2 fully saturated rings. The number of likely N-dealkylation sites (tertiary alicyclic amines) is 1. The van der Waals surface area contributed by atoms with Gasteiger partial charge in [0.15, 0.2) is 0 Å². The van der Waals surface area contributed by atoms with Crippen molar-refractivity contribution in [1.82, 2.24) is 9.80 Å². The lowest BCUT2D eigenvalue weighted by atomic mass is 9.98. The third kappa shape index (κ3) is 5.04. The predicted octanol–water partition coefficient (Wildman–Crippen LogP) is 4.66. The molecule has 184 valence electrons. The second-order valence-electron chi connectivity index (χ2n) is 9.82. The fraction of sp³-hybridized carbons (Fsp3) is 0.448. The molecule has 2 aromatic carbocycles. The lowest BCUT2D eigenvalue weighted by Gasteiger charge is -2.33. The van der Waals surface area contributed by atoms with E-state index in [2.05, 4.69) is 17.9 Å². The van der Waals surface area contributed by atoms with Gasteiger partial charge in [0.05, 0.1) is 13.2 Å². The number of hydrogen-bond donors (Lipinski definition) is 0. The van der Waals surface area contributed by atoms with Crippen molar-refractivity contribution in [3.05, 3.63) is 69.6 Å². The van der Waals surface area contributed by atoms with Crippen molar-refractivity contribution in [2.45, 2.75) is 45.6 Å². The summed E-state index contributed by atoms with van der Waals surface area (Å²) >= 11 is 0. The molecule has 3 heterocycles. The van der Waals surface area contributed by atoms with Crippen LogP contribution in [0.4, 0.5) is 0 Å². The molecule has 1 atom stereocenters. The Morgan fingerprint density at radius 3 is 2.49 bits per heavy atom. The number of rotatable bonds is 5. The average Bonchev–Trinajstić information content (AvgIpc) is 2.89. The zero-order chi connectivity index (χ0) is 24.4. The molecule has 1 unspecified atom stereocenters. The molecule has 1 amide bonds. The van der Waals surface area contributed by atoms with Crippen LogP contribution in [0.15, 0.2) is 51.7 Å². The Morgan fingerprint density at radius 2 is 1.74 bits per heavy atom. The van der Waals surface area contributed by atoms with E-state index in [4.69, 9.17) is 9.15 Å². The van der Waals surface area contributed by atoms with Gasteiger partial charge in [-0.3, -0.25) is 4.79 Å². The molecule has 6 nitrogen and oxygen atoms in total. The van der Waals surface area contributed by atoms with E-state index >= 15 is 0 Å². The van der Waals surface area contributed by atoms with Gasteiger partial charge in [-0.25, -0.2) is 4.79 Å². The molecule has 0 aliphatic carbocycles. The summed E-state index contributed by atoms with van der Waals surface area (Å²) in [7, 11) is 0. The Morgan fingerprint density at radius 1 is 1.00 bits per heavy atom. The molecular formula is C29H34N2O4. The number of ether oxygens (including phenoxy) is 1. The number of amides is 1. The van der Waals surface area contributed by atoms with Crippen molar-refractivity contribution in [2.24, 2.45) is 0 Å². The smallest absolute Gasteiger partial charge is 0.339 e. The summed E-state index contributed by atoms with van der Waals surface area (Å²) in [5.74, 6) is 0.0338. The Labute approximate surface area is 206 Å². The van der Waals surface area contributed by atoms with Crippen LogP contribution in [0.25, 0.3) is 22.1 Å². The van der Waals surface area contributed by atoms with Gasteiger partial charge in [-0.2, -0.15) is 0 Å². The van der Waals surface area contributed by atoms with Crippen LogP contribution in [-0.4, -0.2) is 61.1 Å². The first-order valence-electron chi connectivity index (χ1n) is 12.8. The summed E-state index contributed by atoms with van der Waals surface area (Å²) in [6.07, 6.45) is 4.48. The highest BCUT2D eigenvalue weighted by atomic mass is 16.5. The summed E-state index contributed by atoms with van der Waals surface area (Å²) in [6.45, 7) is 8.74. The van der Waals surface area contributed by atoms with Crippen LogP contribution in [0.2, 0.25) is 0 Å². The van der Waals surface area contributed by atoms with Gasteiger partial charge in [-0.15, -0.1) is 0 Å². The minimum absolute atomic E-state index is 0.0338. The molecule has 1 aromatic heterocycles. The fourth-order valence-corrected chi connectivity index (χ4v) is 5.36. The van der Waals surface area contributed by atoms with Crippen LogP contribution >= 0.6 is 0 Å². The Kier molecular flexibility index (Phi) is 7.02. The fourth-order valence-electron chi connectivity index (χ4n) is 5.36. The molecule has 3 aromatic rings. The van der Waals surface area contributed by atoms with E-state index < -0.39 is 0 Å². The molecule has 35 heavy (non-hydrogen) atoms.